The van der Waals surface area contributed by atoms with Gasteiger partial charge in [-0.15, -0.1) is 0 Å². The third-order valence-electron chi connectivity index (χ3n) is 2.55. The van der Waals surface area contributed by atoms with Gasteiger partial charge in [-0.05, 0) is 19.4 Å². The van der Waals surface area contributed by atoms with Gasteiger partial charge in [-0.25, -0.2) is 0 Å². The minimum absolute atomic E-state index is 0.433. The highest BCUT2D eigenvalue weighted by Gasteiger charge is 2.28. The van der Waals surface area contributed by atoms with Crippen LogP contribution in [0.4, 0.5) is 13.2 Å². The van der Waals surface area contributed by atoms with Crippen LogP contribution >= 0.6 is 0 Å². The number of carbonyl (C=O) groups is 1. The lowest BCUT2D eigenvalue weighted by molar-refractivity contribution is -0.139. The van der Waals surface area contributed by atoms with E-state index in [9.17, 15) is 18.0 Å². The molecule has 0 aliphatic carbocycles. The molecule has 0 radical (unpaired) electrons. The highest BCUT2D eigenvalue weighted by molar-refractivity contribution is 5.81. The van der Waals surface area contributed by atoms with Gasteiger partial charge >= 0.3 is 6.18 Å². The largest absolute Gasteiger partial charge is 0.405 e. The van der Waals surface area contributed by atoms with Crippen molar-refractivity contribution in [2.75, 3.05) is 6.54 Å². The fourth-order valence-electron chi connectivity index (χ4n) is 1.53. The zero-order valence-corrected chi connectivity index (χ0v) is 10.8. The molecule has 1 amide bonds. The number of alkyl halides is 3. The van der Waals surface area contributed by atoms with E-state index in [2.05, 4.69) is 5.32 Å². The molecular weight excluding hydrogens is 257 g/mol. The van der Waals surface area contributed by atoms with Gasteiger partial charge in [0.25, 0.3) is 0 Å². The molecule has 1 atom stereocenters. The standard InChI is InChI=1S/C13H17F3N2O/c1-9-4-3-5-11(6-9)7-17-10(2)12(19)18-8-13(14,15)16/h3-6,10,17H,7-8H2,1-2H3,(H,18,19). The minimum atomic E-state index is -4.38. The van der Waals surface area contributed by atoms with Crippen LogP contribution in [0, 0.1) is 6.92 Å². The Kier molecular flexibility index (Phi) is 5.35. The van der Waals surface area contributed by atoms with Crippen LogP contribution in [0.15, 0.2) is 24.3 Å². The van der Waals surface area contributed by atoms with E-state index in [1.165, 1.54) is 6.92 Å². The van der Waals surface area contributed by atoms with Crippen molar-refractivity contribution < 1.29 is 18.0 Å². The summed E-state index contributed by atoms with van der Waals surface area (Å²) in [4.78, 5) is 11.4. The minimum Gasteiger partial charge on any atom is -0.346 e. The molecule has 1 aromatic rings. The van der Waals surface area contributed by atoms with Crippen LogP contribution in [0.1, 0.15) is 18.1 Å². The molecule has 2 N–H and O–H groups in total. The molecule has 0 spiro atoms. The predicted molar refractivity (Wildman–Crippen MR) is 66.5 cm³/mol. The molecule has 0 saturated heterocycles. The average molecular weight is 274 g/mol. The molecule has 0 bridgehead atoms. The van der Waals surface area contributed by atoms with Crippen LogP contribution in [0.5, 0.6) is 0 Å². The first kappa shape index (κ1) is 15.5. The SMILES string of the molecule is Cc1cccc(CNC(C)C(=O)NCC(F)(F)F)c1. The van der Waals surface area contributed by atoms with Gasteiger partial charge in [0.1, 0.15) is 6.54 Å². The number of halogens is 3. The van der Waals surface area contributed by atoms with Crippen LogP contribution in [-0.2, 0) is 11.3 Å². The summed E-state index contributed by atoms with van der Waals surface area (Å²) in [6.07, 6.45) is -4.38. The molecule has 6 heteroatoms. The van der Waals surface area contributed by atoms with E-state index < -0.39 is 24.7 Å². The molecule has 0 heterocycles. The molecule has 1 aromatic carbocycles. The van der Waals surface area contributed by atoms with Crippen LogP contribution in [0.2, 0.25) is 0 Å². The van der Waals surface area contributed by atoms with Gasteiger partial charge in [-0.3, -0.25) is 4.79 Å². The van der Waals surface area contributed by atoms with Crippen molar-refractivity contribution >= 4 is 5.91 Å². The van der Waals surface area contributed by atoms with E-state index in [0.29, 0.717) is 6.54 Å². The Morgan fingerprint density at radius 3 is 2.63 bits per heavy atom. The Labute approximate surface area is 110 Å². The predicted octanol–water partition coefficient (Wildman–Crippen LogP) is 2.15. The highest BCUT2D eigenvalue weighted by Crippen LogP contribution is 2.12. The van der Waals surface area contributed by atoms with Crippen molar-refractivity contribution in [2.24, 2.45) is 0 Å². The summed E-state index contributed by atoms with van der Waals surface area (Å²) in [5, 5.41) is 4.73. The van der Waals surface area contributed by atoms with Crippen LogP contribution < -0.4 is 10.6 Å². The molecule has 3 nitrogen and oxygen atoms in total. The van der Waals surface area contributed by atoms with Gasteiger partial charge in [0, 0.05) is 6.54 Å². The molecule has 1 unspecified atom stereocenters. The third-order valence-corrected chi connectivity index (χ3v) is 2.55. The molecule has 19 heavy (non-hydrogen) atoms. The number of benzene rings is 1. The number of hydrogen-bond donors (Lipinski definition) is 2. The summed E-state index contributed by atoms with van der Waals surface area (Å²) in [6.45, 7) is 2.61. The number of nitrogens with one attached hydrogen (secondary N) is 2. The Morgan fingerprint density at radius 2 is 2.05 bits per heavy atom. The first-order valence-electron chi connectivity index (χ1n) is 5.91. The molecule has 0 fully saturated rings. The zero-order chi connectivity index (χ0) is 14.5. The van der Waals surface area contributed by atoms with Gasteiger partial charge in [0.05, 0.1) is 6.04 Å². The van der Waals surface area contributed by atoms with Gasteiger partial charge < -0.3 is 10.6 Å². The zero-order valence-electron chi connectivity index (χ0n) is 10.8. The topological polar surface area (TPSA) is 41.1 Å². The number of carbonyl (C=O) groups excluding carboxylic acids is 1. The van der Waals surface area contributed by atoms with Crippen molar-refractivity contribution in [3.8, 4) is 0 Å². The molecule has 0 aliphatic heterocycles. The second-order valence-corrected chi connectivity index (χ2v) is 4.42. The Morgan fingerprint density at radius 1 is 1.37 bits per heavy atom. The summed E-state index contributed by atoms with van der Waals surface area (Å²) in [5.41, 5.74) is 2.07. The van der Waals surface area contributed by atoms with Crippen molar-refractivity contribution in [1.82, 2.24) is 10.6 Å². The fourth-order valence-corrected chi connectivity index (χ4v) is 1.53. The van der Waals surface area contributed by atoms with Gasteiger partial charge in [-0.2, -0.15) is 13.2 Å². The van der Waals surface area contributed by atoms with E-state index in [1.807, 2.05) is 36.5 Å². The van der Waals surface area contributed by atoms with E-state index in [4.69, 9.17) is 0 Å². The smallest absolute Gasteiger partial charge is 0.346 e. The third kappa shape index (κ3) is 6.24. The average Bonchev–Trinajstić information content (AvgIpc) is 2.32. The monoisotopic (exact) mass is 274 g/mol. The van der Waals surface area contributed by atoms with Gasteiger partial charge in [-0.1, -0.05) is 29.8 Å². The Bertz CT molecular complexity index is 432. The first-order valence-corrected chi connectivity index (χ1v) is 5.91. The maximum Gasteiger partial charge on any atom is 0.405 e. The molecule has 0 aromatic heterocycles. The van der Waals surface area contributed by atoms with E-state index in [-0.39, 0.29) is 0 Å². The molecule has 106 valence electrons. The second-order valence-electron chi connectivity index (χ2n) is 4.42. The number of hydrogen-bond acceptors (Lipinski definition) is 2. The van der Waals surface area contributed by atoms with Gasteiger partial charge in [0.15, 0.2) is 0 Å². The number of amides is 1. The lowest BCUT2D eigenvalue weighted by atomic mass is 10.1. The number of rotatable bonds is 5. The van der Waals surface area contributed by atoms with Crippen LogP contribution in [0.25, 0.3) is 0 Å². The quantitative estimate of drug-likeness (QED) is 0.864. The van der Waals surface area contributed by atoms with Gasteiger partial charge in [0.2, 0.25) is 5.91 Å². The van der Waals surface area contributed by atoms with E-state index >= 15 is 0 Å². The van der Waals surface area contributed by atoms with E-state index in [1.54, 1.807) is 0 Å². The molecule has 0 aliphatic rings. The van der Waals surface area contributed by atoms with Crippen LogP contribution in [-0.4, -0.2) is 24.7 Å². The highest BCUT2D eigenvalue weighted by atomic mass is 19.4. The van der Waals surface area contributed by atoms with Crippen molar-refractivity contribution in [3.63, 3.8) is 0 Å². The summed E-state index contributed by atoms with van der Waals surface area (Å²) >= 11 is 0. The first-order chi connectivity index (χ1) is 8.78. The van der Waals surface area contributed by atoms with E-state index in [0.717, 1.165) is 11.1 Å². The van der Waals surface area contributed by atoms with Crippen molar-refractivity contribution in [1.29, 1.82) is 0 Å². The van der Waals surface area contributed by atoms with Crippen molar-refractivity contribution in [2.45, 2.75) is 32.6 Å². The lowest BCUT2D eigenvalue weighted by Crippen LogP contribution is -2.44. The summed E-state index contributed by atoms with van der Waals surface area (Å²) < 4.78 is 35.8. The Hall–Kier alpha value is -1.56. The lowest BCUT2D eigenvalue weighted by Gasteiger charge is -2.15. The normalized spacial score (nSPS) is 13.1. The molecular formula is C13H17F3N2O. The maximum atomic E-state index is 11.9. The summed E-state index contributed by atoms with van der Waals surface area (Å²) in [6, 6.07) is 7.00. The molecule has 1 rings (SSSR count). The van der Waals surface area contributed by atoms with Crippen molar-refractivity contribution in [3.05, 3.63) is 35.4 Å². The second kappa shape index (κ2) is 6.56. The Balaban J connectivity index is 2.38. The molecule has 0 saturated carbocycles. The fraction of sp³-hybridized carbons (Fsp3) is 0.462. The summed E-state index contributed by atoms with van der Waals surface area (Å²) in [7, 11) is 0. The van der Waals surface area contributed by atoms with Crippen LogP contribution in [0.3, 0.4) is 0 Å². The number of aryl methyl sites for hydroxylation is 1. The maximum absolute atomic E-state index is 11.9. The summed E-state index contributed by atoms with van der Waals surface area (Å²) in [5.74, 6) is -0.662.